The molecule has 1 N–H and O–H groups in total. The Morgan fingerprint density at radius 3 is 1.64 bits per heavy atom. The molecule has 6 heteroatoms. The molecule has 5 nitrogen and oxygen atoms in total. The van der Waals surface area contributed by atoms with Crippen LogP contribution in [0.3, 0.4) is 0 Å². The predicted molar refractivity (Wildman–Crippen MR) is 127 cm³/mol. The summed E-state index contributed by atoms with van der Waals surface area (Å²) in [7, 11) is 0. The van der Waals surface area contributed by atoms with E-state index in [1.54, 1.807) is 0 Å². The van der Waals surface area contributed by atoms with E-state index in [0.717, 1.165) is 16.7 Å². The Morgan fingerprint density at radius 1 is 0.667 bits per heavy atom. The van der Waals surface area contributed by atoms with Gasteiger partial charge in [-0.05, 0) is 16.7 Å². The Labute approximate surface area is 199 Å². The van der Waals surface area contributed by atoms with Crippen LogP contribution < -0.4 is 0 Å². The molecule has 3 aromatic rings. The Bertz CT molecular complexity index is 941. The third-order valence-corrected chi connectivity index (χ3v) is 6.02. The zero-order valence-electron chi connectivity index (χ0n) is 18.3. The van der Waals surface area contributed by atoms with Crippen LogP contribution in [0.2, 0.25) is 0 Å². The molecule has 0 amide bonds. The van der Waals surface area contributed by atoms with Gasteiger partial charge in [0.25, 0.3) is 0 Å². The molecule has 0 saturated carbocycles. The maximum atomic E-state index is 10.5. The van der Waals surface area contributed by atoms with Gasteiger partial charge in [-0.25, -0.2) is 0 Å². The fraction of sp³-hybridized carbons (Fsp3) is 0.333. The molecule has 0 aromatic heterocycles. The summed E-state index contributed by atoms with van der Waals surface area (Å²) in [5.74, 6) is 0. The molecule has 5 atom stereocenters. The van der Waals surface area contributed by atoms with Crippen LogP contribution >= 0.6 is 11.6 Å². The van der Waals surface area contributed by atoms with Gasteiger partial charge in [-0.15, -0.1) is 11.6 Å². The first-order valence-corrected chi connectivity index (χ1v) is 11.5. The summed E-state index contributed by atoms with van der Waals surface area (Å²) < 4.78 is 24.2. The first-order valence-electron chi connectivity index (χ1n) is 11.1. The molecule has 3 aromatic carbocycles. The number of hydrogen-bond acceptors (Lipinski definition) is 5. The van der Waals surface area contributed by atoms with Gasteiger partial charge >= 0.3 is 0 Å². The van der Waals surface area contributed by atoms with Crippen molar-refractivity contribution in [3.8, 4) is 0 Å². The van der Waals surface area contributed by atoms with Gasteiger partial charge in [0.2, 0.25) is 0 Å². The lowest BCUT2D eigenvalue weighted by atomic mass is 10.0. The maximum absolute atomic E-state index is 10.5. The van der Waals surface area contributed by atoms with E-state index in [2.05, 4.69) is 0 Å². The van der Waals surface area contributed by atoms with Gasteiger partial charge < -0.3 is 24.1 Å². The molecule has 1 saturated heterocycles. The lowest BCUT2D eigenvalue weighted by Crippen LogP contribution is -2.58. The van der Waals surface area contributed by atoms with Crippen molar-refractivity contribution in [1.29, 1.82) is 0 Å². The van der Waals surface area contributed by atoms with Crippen molar-refractivity contribution >= 4 is 11.6 Å². The third kappa shape index (κ3) is 6.87. The van der Waals surface area contributed by atoms with Gasteiger partial charge in [-0.2, -0.15) is 0 Å². The number of halogens is 1. The molecule has 0 radical (unpaired) electrons. The van der Waals surface area contributed by atoms with Gasteiger partial charge in [0.05, 0.1) is 26.4 Å². The zero-order chi connectivity index (χ0) is 22.9. The molecule has 0 unspecified atom stereocenters. The number of aliphatic hydroxyl groups is 1. The maximum Gasteiger partial charge on any atom is 0.174 e. The van der Waals surface area contributed by atoms with E-state index in [1.165, 1.54) is 0 Å². The van der Waals surface area contributed by atoms with Gasteiger partial charge in [-0.3, -0.25) is 0 Å². The van der Waals surface area contributed by atoms with Gasteiger partial charge in [0.15, 0.2) is 6.29 Å². The monoisotopic (exact) mass is 468 g/mol. The number of aliphatic hydroxyl groups excluding tert-OH is 1. The molecule has 4 rings (SSSR count). The van der Waals surface area contributed by atoms with Crippen molar-refractivity contribution in [2.45, 2.75) is 49.8 Å². The van der Waals surface area contributed by atoms with Gasteiger partial charge in [0, 0.05) is 0 Å². The van der Waals surface area contributed by atoms with E-state index in [9.17, 15) is 5.11 Å². The molecule has 0 spiro atoms. The minimum absolute atomic E-state index is 0.236. The molecule has 1 aliphatic rings. The number of ether oxygens (including phenoxy) is 4. The second-order valence-electron chi connectivity index (χ2n) is 8.03. The third-order valence-electron chi connectivity index (χ3n) is 5.55. The number of alkyl halides is 1. The average molecular weight is 469 g/mol. The van der Waals surface area contributed by atoms with Crippen molar-refractivity contribution in [3.63, 3.8) is 0 Å². The summed E-state index contributed by atoms with van der Waals surface area (Å²) in [5.41, 5.74) is 3.10. The second kappa shape index (κ2) is 12.3. The molecule has 33 heavy (non-hydrogen) atoms. The van der Waals surface area contributed by atoms with Crippen LogP contribution in [0.4, 0.5) is 0 Å². The first kappa shape index (κ1) is 23.9. The van der Waals surface area contributed by atoms with Crippen molar-refractivity contribution in [2.75, 3.05) is 6.61 Å². The fourth-order valence-corrected chi connectivity index (χ4v) is 4.09. The quantitative estimate of drug-likeness (QED) is 0.437. The van der Waals surface area contributed by atoms with Crippen LogP contribution in [-0.4, -0.2) is 41.7 Å². The fourth-order valence-electron chi connectivity index (χ4n) is 3.81. The molecule has 0 bridgehead atoms. The molecule has 0 aliphatic carbocycles. The van der Waals surface area contributed by atoms with E-state index in [1.807, 2.05) is 91.0 Å². The highest BCUT2D eigenvalue weighted by Crippen LogP contribution is 2.30. The predicted octanol–water partition coefficient (Wildman–Crippen LogP) is 4.70. The highest BCUT2D eigenvalue weighted by molar-refractivity contribution is 6.21. The molecule has 174 valence electrons. The van der Waals surface area contributed by atoms with Gasteiger partial charge in [-0.1, -0.05) is 91.0 Å². The Morgan fingerprint density at radius 2 is 1.12 bits per heavy atom. The van der Waals surface area contributed by atoms with Crippen LogP contribution in [0.25, 0.3) is 0 Å². The van der Waals surface area contributed by atoms with Crippen molar-refractivity contribution in [3.05, 3.63) is 108 Å². The summed E-state index contributed by atoms with van der Waals surface area (Å²) in [6.07, 6.45) is -2.82. The Balaban J connectivity index is 1.46. The number of hydrogen-bond donors (Lipinski definition) is 1. The van der Waals surface area contributed by atoms with Crippen LogP contribution in [-0.2, 0) is 38.8 Å². The van der Waals surface area contributed by atoms with E-state index in [4.69, 9.17) is 30.5 Å². The second-order valence-corrected chi connectivity index (χ2v) is 8.54. The van der Waals surface area contributed by atoms with E-state index >= 15 is 0 Å². The summed E-state index contributed by atoms with van der Waals surface area (Å²) >= 11 is 6.55. The first-order chi connectivity index (χ1) is 16.2. The summed E-state index contributed by atoms with van der Waals surface area (Å²) in [5, 5.41) is 9.71. The van der Waals surface area contributed by atoms with Crippen LogP contribution in [0.1, 0.15) is 16.7 Å². The largest absolute Gasteiger partial charge is 0.374 e. The lowest BCUT2D eigenvalue weighted by molar-refractivity contribution is -0.262. The highest BCUT2D eigenvalue weighted by atomic mass is 35.5. The van der Waals surface area contributed by atoms with Crippen LogP contribution in [0.15, 0.2) is 91.0 Å². The highest BCUT2D eigenvalue weighted by Gasteiger charge is 2.46. The standard InChI is InChI=1S/C27H29ClO5/c28-24-26(32-18-22-14-8-3-9-15-22)25(31-17-21-12-6-2-7-13-21)23(33-27(24)29)19-30-16-20-10-4-1-5-11-20/h1-15,23-27,29H,16-19H2/t23-,24-,25-,26-,27-/m1/s1. The number of benzene rings is 3. The SMILES string of the molecule is O[C@@H]1O[C@H](COCc2ccccc2)[C@@H](OCc2ccccc2)[C@H](OCc2ccccc2)[C@H]1Cl. The smallest absolute Gasteiger partial charge is 0.174 e. The molecule has 1 fully saturated rings. The van der Waals surface area contributed by atoms with Crippen LogP contribution in [0.5, 0.6) is 0 Å². The van der Waals surface area contributed by atoms with E-state index in [0.29, 0.717) is 19.8 Å². The topological polar surface area (TPSA) is 57.2 Å². The molecular formula is C27H29ClO5. The summed E-state index contributed by atoms with van der Waals surface area (Å²) in [6, 6.07) is 29.6. The lowest BCUT2D eigenvalue weighted by Gasteiger charge is -2.42. The summed E-state index contributed by atoms with van der Waals surface area (Å²) in [6.45, 7) is 1.39. The Hall–Kier alpha value is -2.25. The van der Waals surface area contributed by atoms with Gasteiger partial charge in [0.1, 0.15) is 23.7 Å². The van der Waals surface area contributed by atoms with Crippen molar-refractivity contribution in [1.82, 2.24) is 0 Å². The van der Waals surface area contributed by atoms with Crippen molar-refractivity contribution in [2.24, 2.45) is 0 Å². The van der Waals surface area contributed by atoms with Crippen LogP contribution in [0, 0.1) is 0 Å². The average Bonchev–Trinajstić information content (AvgIpc) is 2.86. The zero-order valence-corrected chi connectivity index (χ0v) is 19.1. The summed E-state index contributed by atoms with van der Waals surface area (Å²) in [4.78, 5) is 0. The number of rotatable bonds is 10. The van der Waals surface area contributed by atoms with E-state index in [-0.39, 0.29) is 6.61 Å². The Kier molecular flexibility index (Phi) is 8.89. The molecule has 1 aliphatic heterocycles. The minimum atomic E-state index is -1.19. The molecular weight excluding hydrogens is 440 g/mol. The van der Waals surface area contributed by atoms with E-state index < -0.39 is 30.0 Å². The van der Waals surface area contributed by atoms with Crippen molar-refractivity contribution < 1.29 is 24.1 Å². The normalized spacial score (nSPS) is 25.1. The minimum Gasteiger partial charge on any atom is -0.374 e. The molecule has 1 heterocycles.